The summed E-state index contributed by atoms with van der Waals surface area (Å²) in [6, 6.07) is 0.289. The Balaban J connectivity index is 2.43. The summed E-state index contributed by atoms with van der Waals surface area (Å²) in [5.41, 5.74) is 0.0245. The molecule has 1 amide bonds. The average Bonchev–Trinajstić information content (AvgIpc) is 1.83. The van der Waals surface area contributed by atoms with Crippen molar-refractivity contribution in [3.63, 3.8) is 0 Å². The van der Waals surface area contributed by atoms with E-state index in [2.05, 4.69) is 31.4 Å². The lowest BCUT2D eigenvalue weighted by Gasteiger charge is -2.39. The Morgan fingerprint density at radius 1 is 1.45 bits per heavy atom. The minimum Gasteiger partial charge on any atom is -0.350 e. The van der Waals surface area contributed by atoms with Crippen LogP contribution in [0.1, 0.15) is 27.7 Å². The van der Waals surface area contributed by atoms with E-state index in [4.69, 9.17) is 0 Å². The highest BCUT2D eigenvalue weighted by Crippen LogP contribution is 2.10. The second kappa shape index (κ2) is 2.48. The zero-order valence-electron chi connectivity index (χ0n) is 7.56. The number of carbonyl (C=O) groups is 1. The zero-order valence-corrected chi connectivity index (χ0v) is 7.56. The molecule has 1 saturated heterocycles. The van der Waals surface area contributed by atoms with Crippen LogP contribution in [0, 0.1) is 0 Å². The zero-order chi connectivity index (χ0) is 8.65. The van der Waals surface area contributed by atoms with Gasteiger partial charge in [0.2, 0.25) is 5.91 Å². The van der Waals surface area contributed by atoms with E-state index < -0.39 is 0 Å². The first-order chi connectivity index (χ1) is 4.90. The van der Waals surface area contributed by atoms with Gasteiger partial charge in [0.05, 0.1) is 6.04 Å². The fourth-order valence-electron chi connectivity index (χ4n) is 1.19. The molecule has 1 aliphatic heterocycles. The third-order valence-corrected chi connectivity index (χ3v) is 1.74. The first-order valence-corrected chi connectivity index (χ1v) is 3.98. The highest BCUT2D eigenvalue weighted by Gasteiger charge is 2.37. The maximum absolute atomic E-state index is 10.9. The summed E-state index contributed by atoms with van der Waals surface area (Å²) in [5.74, 6) is 0.118. The molecular weight excluding hydrogens is 140 g/mol. The van der Waals surface area contributed by atoms with Gasteiger partial charge in [-0.3, -0.25) is 10.1 Å². The normalized spacial score (nSPS) is 31.1. The lowest BCUT2D eigenvalue weighted by atomic mass is 9.97. The van der Waals surface area contributed by atoms with E-state index >= 15 is 0 Å². The molecule has 0 bridgehead atoms. The predicted molar refractivity (Wildman–Crippen MR) is 44.3 cm³/mol. The van der Waals surface area contributed by atoms with Crippen molar-refractivity contribution in [3.05, 3.63) is 0 Å². The Bertz CT molecular complexity index is 171. The maximum atomic E-state index is 10.9. The Labute approximate surface area is 67.5 Å². The van der Waals surface area contributed by atoms with Gasteiger partial charge in [-0.1, -0.05) is 0 Å². The number of amides is 1. The van der Waals surface area contributed by atoms with E-state index in [1.807, 2.05) is 6.92 Å². The topological polar surface area (TPSA) is 41.1 Å². The van der Waals surface area contributed by atoms with Gasteiger partial charge in [0.1, 0.15) is 6.04 Å². The number of hydrogen-bond donors (Lipinski definition) is 2. The second-order valence-corrected chi connectivity index (χ2v) is 4.17. The van der Waals surface area contributed by atoms with E-state index in [9.17, 15) is 4.79 Å². The van der Waals surface area contributed by atoms with Gasteiger partial charge in [-0.15, -0.1) is 0 Å². The third-order valence-electron chi connectivity index (χ3n) is 1.74. The number of nitrogens with one attached hydrogen (secondary N) is 2. The molecule has 0 saturated carbocycles. The fourth-order valence-corrected chi connectivity index (χ4v) is 1.19. The van der Waals surface area contributed by atoms with Crippen LogP contribution in [-0.2, 0) is 4.79 Å². The molecule has 0 aliphatic carbocycles. The van der Waals surface area contributed by atoms with Crippen LogP contribution in [-0.4, -0.2) is 23.5 Å². The van der Waals surface area contributed by atoms with Gasteiger partial charge in [0, 0.05) is 5.54 Å². The van der Waals surface area contributed by atoms with Crippen LogP contribution < -0.4 is 10.6 Å². The van der Waals surface area contributed by atoms with Crippen molar-refractivity contribution in [2.24, 2.45) is 0 Å². The molecule has 1 fully saturated rings. The van der Waals surface area contributed by atoms with E-state index in [1.54, 1.807) is 0 Å². The molecule has 0 aromatic heterocycles. The Morgan fingerprint density at radius 2 is 2.00 bits per heavy atom. The first-order valence-electron chi connectivity index (χ1n) is 3.98. The van der Waals surface area contributed by atoms with Crippen LogP contribution in [0.25, 0.3) is 0 Å². The molecule has 64 valence electrons. The molecule has 2 atom stereocenters. The van der Waals surface area contributed by atoms with Gasteiger partial charge in [0.15, 0.2) is 0 Å². The standard InChI is InChI=1S/C8H16N2O/c1-5-6(7(11)9-5)10-8(2,3)4/h5-6,10H,1-4H3,(H,9,11)/t5-,6-/m0/s1. The minimum absolute atomic E-state index is 0.00926. The van der Waals surface area contributed by atoms with Crippen molar-refractivity contribution in [2.75, 3.05) is 0 Å². The molecule has 1 rings (SSSR count). The highest BCUT2D eigenvalue weighted by atomic mass is 16.2. The molecule has 0 radical (unpaired) electrons. The van der Waals surface area contributed by atoms with Gasteiger partial charge in [0.25, 0.3) is 0 Å². The molecule has 0 unspecified atom stereocenters. The van der Waals surface area contributed by atoms with Gasteiger partial charge in [-0.05, 0) is 27.7 Å². The predicted octanol–water partition coefficient (Wildman–Crippen LogP) is 0.261. The molecule has 0 aromatic rings. The van der Waals surface area contributed by atoms with Gasteiger partial charge in [-0.25, -0.2) is 0 Å². The van der Waals surface area contributed by atoms with Crippen LogP contribution in [0.3, 0.4) is 0 Å². The Morgan fingerprint density at radius 3 is 2.18 bits per heavy atom. The van der Waals surface area contributed by atoms with E-state index in [1.165, 1.54) is 0 Å². The highest BCUT2D eigenvalue weighted by molar-refractivity contribution is 5.89. The van der Waals surface area contributed by atoms with Gasteiger partial charge >= 0.3 is 0 Å². The summed E-state index contributed by atoms with van der Waals surface area (Å²) in [7, 11) is 0. The smallest absolute Gasteiger partial charge is 0.239 e. The van der Waals surface area contributed by atoms with Crippen LogP contribution in [0.4, 0.5) is 0 Å². The monoisotopic (exact) mass is 156 g/mol. The summed E-state index contributed by atoms with van der Waals surface area (Å²) in [5, 5.41) is 6.02. The van der Waals surface area contributed by atoms with E-state index in [-0.39, 0.29) is 23.5 Å². The molecule has 0 spiro atoms. The summed E-state index contributed by atoms with van der Waals surface area (Å²) < 4.78 is 0. The quantitative estimate of drug-likeness (QED) is 0.535. The summed E-state index contributed by atoms with van der Waals surface area (Å²) in [6.45, 7) is 8.19. The number of β-lactam (4-membered cyclic amide) rings is 1. The summed E-state index contributed by atoms with van der Waals surface area (Å²) in [4.78, 5) is 10.9. The summed E-state index contributed by atoms with van der Waals surface area (Å²) >= 11 is 0. The van der Waals surface area contributed by atoms with Crippen molar-refractivity contribution < 1.29 is 4.79 Å². The first kappa shape index (κ1) is 8.53. The lowest BCUT2D eigenvalue weighted by Crippen LogP contribution is -2.69. The maximum Gasteiger partial charge on any atom is 0.239 e. The fraction of sp³-hybridized carbons (Fsp3) is 0.875. The third kappa shape index (κ3) is 1.93. The average molecular weight is 156 g/mol. The number of rotatable bonds is 1. The summed E-state index contributed by atoms with van der Waals surface area (Å²) in [6.07, 6.45) is 0. The molecular formula is C8H16N2O. The van der Waals surface area contributed by atoms with Crippen LogP contribution in [0.2, 0.25) is 0 Å². The molecule has 2 N–H and O–H groups in total. The van der Waals surface area contributed by atoms with Crippen molar-refractivity contribution in [1.82, 2.24) is 10.6 Å². The van der Waals surface area contributed by atoms with E-state index in [0.717, 1.165) is 0 Å². The number of hydrogen-bond acceptors (Lipinski definition) is 2. The van der Waals surface area contributed by atoms with Crippen molar-refractivity contribution in [1.29, 1.82) is 0 Å². The molecule has 1 heterocycles. The van der Waals surface area contributed by atoms with Crippen molar-refractivity contribution in [3.8, 4) is 0 Å². The SMILES string of the molecule is C[C@@H]1NC(=O)[C@H]1NC(C)(C)C. The minimum atomic E-state index is 0.00926. The van der Waals surface area contributed by atoms with Crippen molar-refractivity contribution in [2.45, 2.75) is 45.3 Å². The second-order valence-electron chi connectivity index (χ2n) is 4.17. The Kier molecular flexibility index (Phi) is 1.92. The van der Waals surface area contributed by atoms with Crippen LogP contribution >= 0.6 is 0 Å². The molecule has 3 heteroatoms. The largest absolute Gasteiger partial charge is 0.350 e. The molecule has 3 nitrogen and oxygen atoms in total. The molecule has 0 aromatic carbocycles. The van der Waals surface area contributed by atoms with Crippen LogP contribution in [0.5, 0.6) is 0 Å². The molecule has 1 aliphatic rings. The molecule has 11 heavy (non-hydrogen) atoms. The van der Waals surface area contributed by atoms with Gasteiger partial charge < -0.3 is 5.32 Å². The number of carbonyl (C=O) groups excluding carboxylic acids is 1. The van der Waals surface area contributed by atoms with Crippen LogP contribution in [0.15, 0.2) is 0 Å². The van der Waals surface area contributed by atoms with E-state index in [0.29, 0.717) is 0 Å². The lowest BCUT2D eigenvalue weighted by molar-refractivity contribution is -0.131. The van der Waals surface area contributed by atoms with Crippen molar-refractivity contribution >= 4 is 5.91 Å². The Hall–Kier alpha value is -0.570. The van der Waals surface area contributed by atoms with Gasteiger partial charge in [-0.2, -0.15) is 0 Å².